The van der Waals surface area contributed by atoms with Crippen molar-refractivity contribution in [3.05, 3.63) is 23.5 Å². The number of aliphatic hydroxyl groups excluding tert-OH is 1. The lowest BCUT2D eigenvalue weighted by molar-refractivity contribution is -0.182. The summed E-state index contributed by atoms with van der Waals surface area (Å²) in [6.45, 7) is 8.80. The molecule has 0 saturated heterocycles. The molecule has 1 N–H and O–H groups in total. The zero-order valence-corrected chi connectivity index (χ0v) is 20.5. The largest absolute Gasteiger partial charge is 0.491 e. The quantitative estimate of drug-likeness (QED) is 0.432. The third-order valence-corrected chi connectivity index (χ3v) is 10.6. The molecule has 3 unspecified atom stereocenters. The first-order valence-electron chi connectivity index (χ1n) is 13.1. The Morgan fingerprint density at radius 1 is 1.16 bits per heavy atom. The molecule has 5 rings (SSSR count). The van der Waals surface area contributed by atoms with Crippen molar-refractivity contribution in [3.63, 3.8) is 0 Å². The van der Waals surface area contributed by atoms with E-state index in [1.807, 2.05) is 0 Å². The maximum atomic E-state index is 11.9. The highest BCUT2D eigenvalue weighted by Gasteiger charge is 2.66. The zero-order valence-electron chi connectivity index (χ0n) is 20.5. The third kappa shape index (κ3) is 3.22. The Morgan fingerprint density at radius 3 is 2.62 bits per heavy atom. The van der Waals surface area contributed by atoms with Crippen LogP contribution in [-0.2, 0) is 14.3 Å². The van der Waals surface area contributed by atoms with E-state index in [1.165, 1.54) is 17.8 Å². The van der Waals surface area contributed by atoms with Gasteiger partial charge in [0.05, 0.1) is 12.4 Å². The Balaban J connectivity index is 1.43. The molecule has 0 spiro atoms. The molecule has 3 fully saturated rings. The van der Waals surface area contributed by atoms with Crippen molar-refractivity contribution in [2.75, 3.05) is 6.61 Å². The summed E-state index contributed by atoms with van der Waals surface area (Å²) in [5, 5.41) is 10.8. The van der Waals surface area contributed by atoms with Crippen LogP contribution in [0.5, 0.6) is 0 Å². The highest BCUT2D eigenvalue weighted by Crippen LogP contribution is 2.69. The molecule has 5 aliphatic rings. The van der Waals surface area contributed by atoms with E-state index in [0.717, 1.165) is 57.8 Å². The lowest BCUT2D eigenvalue weighted by atomic mass is 9.44. The van der Waals surface area contributed by atoms with Crippen LogP contribution in [0.25, 0.3) is 0 Å². The number of fused-ring (bicyclic) bond motifs is 5. The number of hydrogen-bond donors (Lipinski definition) is 1. The molecule has 8 atom stereocenters. The van der Waals surface area contributed by atoms with Crippen LogP contribution in [-0.4, -0.2) is 29.4 Å². The molecule has 178 valence electrons. The number of esters is 1. The Bertz CT molecular complexity index is 829. The first-order valence-corrected chi connectivity index (χ1v) is 13.1. The van der Waals surface area contributed by atoms with E-state index in [-0.39, 0.29) is 35.1 Å². The maximum absolute atomic E-state index is 11.9. The SMILES string of the molecule is CC(=O)OC1(C)CC[C@H]2[C@@H]3C(C)CC4=CC(OC5=CCCC5)CC[C@]4(CO)[C@@H]3CC[C@@]21C. The molecule has 5 aliphatic carbocycles. The molecule has 0 bridgehead atoms. The molecule has 0 radical (unpaired) electrons. The monoisotopic (exact) mass is 442 g/mol. The maximum Gasteiger partial charge on any atom is 0.303 e. The lowest BCUT2D eigenvalue weighted by Crippen LogP contribution is -2.58. The van der Waals surface area contributed by atoms with E-state index in [2.05, 4.69) is 32.9 Å². The van der Waals surface area contributed by atoms with Crippen molar-refractivity contribution in [2.24, 2.45) is 34.5 Å². The van der Waals surface area contributed by atoms with Crippen LogP contribution in [0.2, 0.25) is 0 Å². The van der Waals surface area contributed by atoms with Gasteiger partial charge in [-0.15, -0.1) is 0 Å². The number of rotatable bonds is 4. The highest BCUT2D eigenvalue weighted by molar-refractivity contribution is 5.66. The summed E-state index contributed by atoms with van der Waals surface area (Å²) in [5.41, 5.74) is 1.05. The van der Waals surface area contributed by atoms with Crippen molar-refractivity contribution in [3.8, 4) is 0 Å². The van der Waals surface area contributed by atoms with Crippen LogP contribution < -0.4 is 0 Å². The normalized spacial score (nSPS) is 47.6. The van der Waals surface area contributed by atoms with Gasteiger partial charge >= 0.3 is 5.97 Å². The summed E-state index contributed by atoms with van der Waals surface area (Å²) < 4.78 is 12.4. The summed E-state index contributed by atoms with van der Waals surface area (Å²) in [7, 11) is 0. The average molecular weight is 443 g/mol. The predicted molar refractivity (Wildman–Crippen MR) is 125 cm³/mol. The van der Waals surface area contributed by atoms with Crippen LogP contribution >= 0.6 is 0 Å². The fraction of sp³-hybridized carbons (Fsp3) is 0.821. The smallest absolute Gasteiger partial charge is 0.303 e. The van der Waals surface area contributed by atoms with Gasteiger partial charge in [0.2, 0.25) is 0 Å². The van der Waals surface area contributed by atoms with Crippen molar-refractivity contribution >= 4 is 5.97 Å². The van der Waals surface area contributed by atoms with Crippen LogP contribution in [0.3, 0.4) is 0 Å². The summed E-state index contributed by atoms with van der Waals surface area (Å²) in [4.78, 5) is 11.9. The van der Waals surface area contributed by atoms with Gasteiger partial charge in [0.1, 0.15) is 11.7 Å². The van der Waals surface area contributed by atoms with Crippen molar-refractivity contribution in [1.29, 1.82) is 0 Å². The van der Waals surface area contributed by atoms with Crippen molar-refractivity contribution < 1.29 is 19.4 Å². The minimum Gasteiger partial charge on any atom is -0.491 e. The number of ether oxygens (including phenoxy) is 2. The molecule has 0 aromatic rings. The molecule has 3 saturated carbocycles. The first-order chi connectivity index (χ1) is 15.2. The number of hydrogen-bond acceptors (Lipinski definition) is 4. The topological polar surface area (TPSA) is 55.8 Å². The molecule has 0 aromatic carbocycles. The van der Waals surface area contributed by atoms with E-state index in [4.69, 9.17) is 9.47 Å². The standard InChI is InChI=1S/C28H42O4/c1-18-15-20-16-22(31-21-7-5-6-8-21)9-14-28(20,17-29)24-10-12-26(3)23(25(18)24)11-13-27(26,4)32-19(2)30/h7,16,18,22-25,29H,5-6,8-15,17H2,1-4H3/t18?,22?,23-,24+,25-,26-,27?,28+/m0/s1. The molecule has 4 nitrogen and oxygen atoms in total. The second-order valence-corrected chi connectivity index (χ2v) is 12.1. The molecule has 4 heteroatoms. The third-order valence-electron chi connectivity index (χ3n) is 10.6. The Kier molecular flexibility index (Phi) is 5.55. The average Bonchev–Trinajstić information content (AvgIpc) is 3.34. The van der Waals surface area contributed by atoms with E-state index in [0.29, 0.717) is 23.7 Å². The zero-order chi connectivity index (χ0) is 22.7. The van der Waals surface area contributed by atoms with Crippen molar-refractivity contribution in [2.45, 2.75) is 104 Å². The van der Waals surface area contributed by atoms with E-state index in [9.17, 15) is 9.90 Å². The summed E-state index contributed by atoms with van der Waals surface area (Å²) in [5.74, 6) is 3.27. The molecule has 0 aliphatic heterocycles. The van der Waals surface area contributed by atoms with Gasteiger partial charge in [-0.3, -0.25) is 4.79 Å². The van der Waals surface area contributed by atoms with Gasteiger partial charge in [-0.25, -0.2) is 0 Å². The first kappa shape index (κ1) is 22.5. The van der Waals surface area contributed by atoms with Gasteiger partial charge in [-0.2, -0.15) is 0 Å². The minimum atomic E-state index is -0.364. The molecular weight excluding hydrogens is 400 g/mol. The van der Waals surface area contributed by atoms with Gasteiger partial charge in [-0.05, 0) is 101 Å². The molecule has 0 aromatic heterocycles. The molecule has 32 heavy (non-hydrogen) atoms. The van der Waals surface area contributed by atoms with Gasteiger partial charge in [0, 0.05) is 24.2 Å². The molecular formula is C28H42O4. The molecule has 0 amide bonds. The van der Waals surface area contributed by atoms with E-state index < -0.39 is 0 Å². The van der Waals surface area contributed by atoms with E-state index in [1.54, 1.807) is 6.92 Å². The van der Waals surface area contributed by atoms with Gasteiger partial charge in [-0.1, -0.05) is 19.4 Å². The van der Waals surface area contributed by atoms with Crippen LogP contribution in [0, 0.1) is 34.5 Å². The Morgan fingerprint density at radius 2 is 1.94 bits per heavy atom. The van der Waals surface area contributed by atoms with Gasteiger partial charge < -0.3 is 14.6 Å². The molecule has 0 heterocycles. The number of carbonyl (C=O) groups excluding carboxylic acids is 1. The fourth-order valence-corrected chi connectivity index (χ4v) is 8.89. The number of aliphatic hydroxyl groups is 1. The van der Waals surface area contributed by atoms with Crippen LogP contribution in [0.1, 0.15) is 91.9 Å². The predicted octanol–water partition coefficient (Wildman–Crippen LogP) is 5.94. The van der Waals surface area contributed by atoms with Gasteiger partial charge in [0.25, 0.3) is 0 Å². The summed E-state index contributed by atoms with van der Waals surface area (Å²) >= 11 is 0. The minimum absolute atomic E-state index is 0.0290. The summed E-state index contributed by atoms with van der Waals surface area (Å²) in [6.07, 6.45) is 15.7. The Hall–Kier alpha value is -1.29. The fourth-order valence-electron chi connectivity index (χ4n) is 8.89. The Labute approximate surface area is 193 Å². The van der Waals surface area contributed by atoms with Crippen molar-refractivity contribution in [1.82, 2.24) is 0 Å². The van der Waals surface area contributed by atoms with Crippen LogP contribution in [0.15, 0.2) is 23.5 Å². The second kappa shape index (κ2) is 7.89. The second-order valence-electron chi connectivity index (χ2n) is 12.1. The number of carbonyl (C=O) groups is 1. The van der Waals surface area contributed by atoms with Crippen LogP contribution in [0.4, 0.5) is 0 Å². The van der Waals surface area contributed by atoms with Gasteiger partial charge in [0.15, 0.2) is 0 Å². The number of allylic oxidation sites excluding steroid dienone is 2. The lowest BCUT2D eigenvalue weighted by Gasteiger charge is -2.61. The van der Waals surface area contributed by atoms with E-state index >= 15 is 0 Å². The highest BCUT2D eigenvalue weighted by atomic mass is 16.6. The summed E-state index contributed by atoms with van der Waals surface area (Å²) in [6, 6.07) is 0.